The molecule has 2 amide bonds. The van der Waals surface area contributed by atoms with Crippen LogP contribution in [0.5, 0.6) is 0 Å². The first-order chi connectivity index (χ1) is 10.1. The van der Waals surface area contributed by atoms with Crippen LogP contribution in [-0.4, -0.2) is 34.3 Å². The van der Waals surface area contributed by atoms with Crippen molar-refractivity contribution >= 4 is 28.6 Å². The monoisotopic (exact) mass is 281 g/mol. The molecule has 1 heterocycles. The van der Waals surface area contributed by atoms with Crippen molar-refractivity contribution in [3.05, 3.63) is 59.7 Å². The SMILES string of the molecule is O=C(O)/C=C/CN1C(=O)c2cccc3cccc(c23)C1=O. The van der Waals surface area contributed by atoms with Crippen molar-refractivity contribution in [1.82, 2.24) is 4.90 Å². The van der Waals surface area contributed by atoms with Crippen molar-refractivity contribution in [1.29, 1.82) is 0 Å². The molecule has 0 unspecified atom stereocenters. The van der Waals surface area contributed by atoms with Crippen molar-refractivity contribution in [2.75, 3.05) is 6.54 Å². The number of nitrogens with zero attached hydrogens (tertiary/aromatic N) is 1. The minimum atomic E-state index is -1.12. The number of carboxylic acid groups (broad SMARTS) is 1. The maximum Gasteiger partial charge on any atom is 0.328 e. The van der Waals surface area contributed by atoms with Crippen molar-refractivity contribution in [3.63, 3.8) is 0 Å². The third kappa shape index (κ3) is 2.08. The van der Waals surface area contributed by atoms with Gasteiger partial charge in [-0.1, -0.05) is 30.3 Å². The van der Waals surface area contributed by atoms with E-state index in [4.69, 9.17) is 5.11 Å². The first-order valence-electron chi connectivity index (χ1n) is 6.37. The molecule has 3 rings (SSSR count). The number of imide groups is 1. The predicted octanol–water partition coefficient (Wildman–Crippen LogP) is 2.08. The molecule has 5 nitrogen and oxygen atoms in total. The molecule has 1 N–H and O–H groups in total. The number of carbonyl (C=O) groups excluding carboxylic acids is 2. The Hall–Kier alpha value is -2.95. The molecule has 0 bridgehead atoms. The summed E-state index contributed by atoms with van der Waals surface area (Å²) in [5.41, 5.74) is 0.929. The molecule has 0 saturated heterocycles. The zero-order valence-corrected chi connectivity index (χ0v) is 10.9. The lowest BCUT2D eigenvalue weighted by Gasteiger charge is -2.26. The minimum absolute atomic E-state index is 0.0608. The van der Waals surface area contributed by atoms with E-state index in [0.717, 1.165) is 16.4 Å². The summed E-state index contributed by atoms with van der Waals surface area (Å²) >= 11 is 0. The Kier molecular flexibility index (Phi) is 3.02. The van der Waals surface area contributed by atoms with Crippen LogP contribution < -0.4 is 0 Å². The highest BCUT2D eigenvalue weighted by Crippen LogP contribution is 2.29. The Morgan fingerprint density at radius 1 is 1.05 bits per heavy atom. The summed E-state index contributed by atoms with van der Waals surface area (Å²) in [5.74, 6) is -1.92. The fourth-order valence-corrected chi connectivity index (χ4v) is 2.51. The summed E-state index contributed by atoms with van der Waals surface area (Å²) in [7, 11) is 0. The molecule has 0 atom stereocenters. The first-order valence-corrected chi connectivity index (χ1v) is 6.37. The van der Waals surface area contributed by atoms with Crippen LogP contribution >= 0.6 is 0 Å². The summed E-state index contributed by atoms with van der Waals surface area (Å²) in [6.07, 6.45) is 2.20. The van der Waals surface area contributed by atoms with E-state index in [2.05, 4.69) is 0 Å². The van der Waals surface area contributed by atoms with Gasteiger partial charge in [-0.25, -0.2) is 4.79 Å². The normalized spacial score (nSPS) is 14.2. The number of amides is 2. The number of benzene rings is 2. The van der Waals surface area contributed by atoms with Crippen LogP contribution in [0.3, 0.4) is 0 Å². The molecular formula is C16H11NO4. The van der Waals surface area contributed by atoms with Gasteiger partial charge >= 0.3 is 5.97 Å². The number of carbonyl (C=O) groups is 3. The van der Waals surface area contributed by atoms with E-state index in [-0.39, 0.29) is 6.54 Å². The molecule has 1 aliphatic rings. The molecule has 2 aromatic rings. The average molecular weight is 281 g/mol. The van der Waals surface area contributed by atoms with Crippen LogP contribution in [0.4, 0.5) is 0 Å². The molecular weight excluding hydrogens is 270 g/mol. The lowest BCUT2D eigenvalue weighted by Crippen LogP contribution is -2.40. The summed E-state index contributed by atoms with van der Waals surface area (Å²) < 4.78 is 0. The third-order valence-electron chi connectivity index (χ3n) is 3.40. The van der Waals surface area contributed by atoms with Gasteiger partial charge in [0.25, 0.3) is 11.8 Å². The summed E-state index contributed by atoms with van der Waals surface area (Å²) in [4.78, 5) is 36.4. The van der Waals surface area contributed by atoms with E-state index in [0.29, 0.717) is 16.5 Å². The van der Waals surface area contributed by atoms with Crippen LogP contribution in [0.1, 0.15) is 20.7 Å². The second-order valence-electron chi connectivity index (χ2n) is 4.67. The highest BCUT2D eigenvalue weighted by Gasteiger charge is 2.31. The summed E-state index contributed by atoms with van der Waals surface area (Å²) in [6, 6.07) is 10.6. The Morgan fingerprint density at radius 3 is 2.14 bits per heavy atom. The number of rotatable bonds is 3. The van der Waals surface area contributed by atoms with Gasteiger partial charge in [0.15, 0.2) is 0 Å². The van der Waals surface area contributed by atoms with Crippen molar-refractivity contribution in [3.8, 4) is 0 Å². The van der Waals surface area contributed by atoms with Crippen LogP contribution in [0, 0.1) is 0 Å². The van der Waals surface area contributed by atoms with Crippen molar-refractivity contribution in [2.24, 2.45) is 0 Å². The Balaban J connectivity index is 2.09. The van der Waals surface area contributed by atoms with Crippen LogP contribution in [0.15, 0.2) is 48.6 Å². The minimum Gasteiger partial charge on any atom is -0.478 e. The second kappa shape index (κ2) is 4.86. The molecule has 0 spiro atoms. The smallest absolute Gasteiger partial charge is 0.328 e. The number of hydrogen-bond acceptors (Lipinski definition) is 3. The zero-order valence-electron chi connectivity index (χ0n) is 10.9. The highest BCUT2D eigenvalue weighted by atomic mass is 16.4. The molecule has 0 saturated carbocycles. The number of aliphatic carboxylic acids is 1. The van der Waals surface area contributed by atoms with E-state index >= 15 is 0 Å². The quantitative estimate of drug-likeness (QED) is 0.690. The van der Waals surface area contributed by atoms with Gasteiger partial charge < -0.3 is 5.11 Å². The average Bonchev–Trinajstić information content (AvgIpc) is 2.47. The van der Waals surface area contributed by atoms with Crippen molar-refractivity contribution < 1.29 is 19.5 Å². The van der Waals surface area contributed by atoms with Crippen LogP contribution in [0.2, 0.25) is 0 Å². The van der Waals surface area contributed by atoms with Crippen LogP contribution in [0.25, 0.3) is 10.8 Å². The molecule has 21 heavy (non-hydrogen) atoms. The summed E-state index contributed by atoms with van der Waals surface area (Å²) in [6.45, 7) is -0.0608. The molecule has 0 radical (unpaired) electrons. The Labute approximate surface area is 120 Å². The molecule has 0 fully saturated rings. The Morgan fingerprint density at radius 2 is 1.62 bits per heavy atom. The molecule has 0 aromatic heterocycles. The van der Waals surface area contributed by atoms with E-state index in [9.17, 15) is 14.4 Å². The fraction of sp³-hybridized carbons (Fsp3) is 0.0625. The summed E-state index contributed by atoms with van der Waals surface area (Å²) in [5, 5.41) is 10.1. The van der Waals surface area contributed by atoms with Gasteiger partial charge in [-0.2, -0.15) is 0 Å². The highest BCUT2D eigenvalue weighted by molar-refractivity contribution is 6.25. The molecule has 1 aliphatic heterocycles. The molecule has 2 aromatic carbocycles. The van der Waals surface area contributed by atoms with E-state index < -0.39 is 17.8 Å². The maximum absolute atomic E-state index is 12.4. The largest absolute Gasteiger partial charge is 0.478 e. The lowest BCUT2D eigenvalue weighted by molar-refractivity contribution is -0.131. The van der Waals surface area contributed by atoms with Gasteiger partial charge in [0, 0.05) is 29.1 Å². The van der Waals surface area contributed by atoms with Gasteiger partial charge in [-0.15, -0.1) is 0 Å². The van der Waals surface area contributed by atoms with E-state index in [1.807, 2.05) is 12.1 Å². The third-order valence-corrected chi connectivity index (χ3v) is 3.40. The standard InChI is InChI=1S/C16H11NO4/c18-13(19)8-3-9-17-15(20)11-6-1-4-10-5-2-7-12(14(10)11)16(17)21/h1-8H,9H2,(H,18,19)/b8-3+. The molecule has 104 valence electrons. The van der Waals surface area contributed by atoms with Gasteiger partial charge in [0.05, 0.1) is 0 Å². The van der Waals surface area contributed by atoms with Gasteiger partial charge in [-0.3, -0.25) is 14.5 Å². The topological polar surface area (TPSA) is 74.7 Å². The Bertz CT molecular complexity index is 756. The number of hydrogen-bond donors (Lipinski definition) is 1. The zero-order chi connectivity index (χ0) is 15.0. The van der Waals surface area contributed by atoms with E-state index in [1.165, 1.54) is 6.08 Å². The van der Waals surface area contributed by atoms with Gasteiger partial charge in [0.1, 0.15) is 0 Å². The van der Waals surface area contributed by atoms with Crippen molar-refractivity contribution in [2.45, 2.75) is 0 Å². The fourth-order valence-electron chi connectivity index (χ4n) is 2.51. The molecule has 5 heteroatoms. The first kappa shape index (κ1) is 13.1. The lowest BCUT2D eigenvalue weighted by atomic mass is 9.94. The second-order valence-corrected chi connectivity index (χ2v) is 4.67. The molecule has 0 aliphatic carbocycles. The van der Waals surface area contributed by atoms with Gasteiger partial charge in [-0.05, 0) is 17.5 Å². The predicted molar refractivity (Wildman–Crippen MR) is 76.1 cm³/mol. The number of carboxylic acids is 1. The van der Waals surface area contributed by atoms with E-state index in [1.54, 1.807) is 24.3 Å². The maximum atomic E-state index is 12.4. The van der Waals surface area contributed by atoms with Gasteiger partial charge in [0.2, 0.25) is 0 Å². The van der Waals surface area contributed by atoms with Crippen LogP contribution in [-0.2, 0) is 4.79 Å².